The molecule has 0 unspecified atom stereocenters. The number of ether oxygens (including phenoxy) is 1. The van der Waals surface area contributed by atoms with E-state index < -0.39 is 18.2 Å². The minimum atomic E-state index is -1.09. The monoisotopic (exact) mass is 442 g/mol. The van der Waals surface area contributed by atoms with Gasteiger partial charge in [-0.15, -0.1) is 0 Å². The number of hydrogen-bond donors (Lipinski definition) is 4. The number of aromatic nitrogens is 2. The molecule has 11 nitrogen and oxygen atoms in total. The highest BCUT2D eigenvalue weighted by Crippen LogP contribution is 2.41. The van der Waals surface area contributed by atoms with Gasteiger partial charge in [-0.1, -0.05) is 0 Å². The van der Waals surface area contributed by atoms with Crippen LogP contribution in [-0.4, -0.2) is 83.7 Å². The fourth-order valence-electron chi connectivity index (χ4n) is 3.91. The average Bonchev–Trinajstić information content (AvgIpc) is 2.82. The number of benzene rings is 1. The second-order valence-corrected chi connectivity index (χ2v) is 7.91. The molecule has 2 aliphatic heterocycles. The van der Waals surface area contributed by atoms with Crippen molar-refractivity contribution in [2.75, 3.05) is 55.1 Å². The molecule has 1 fully saturated rings. The number of anilines is 3. The van der Waals surface area contributed by atoms with Crippen LogP contribution < -0.4 is 20.4 Å². The van der Waals surface area contributed by atoms with Crippen molar-refractivity contribution in [1.82, 2.24) is 15.3 Å². The molecule has 4 rings (SSSR count). The number of nitrogens with zero attached hydrogens (tertiary/aromatic N) is 4. The van der Waals surface area contributed by atoms with Crippen LogP contribution in [0.1, 0.15) is 6.92 Å². The number of carbonyl (C=O) groups is 2. The summed E-state index contributed by atoms with van der Waals surface area (Å²) in [4.78, 5) is 37.3. The molecular weight excluding hydrogens is 416 g/mol. The highest BCUT2D eigenvalue weighted by Gasteiger charge is 2.51. The van der Waals surface area contributed by atoms with E-state index in [9.17, 15) is 19.8 Å². The summed E-state index contributed by atoms with van der Waals surface area (Å²) in [5.74, 6) is 0.789. The van der Waals surface area contributed by atoms with Gasteiger partial charge in [-0.3, -0.25) is 4.79 Å². The number of β-amino-alcohol motifs (C(OH)–C–C–N with tert-alkyl or cyclic N) is 1. The van der Waals surface area contributed by atoms with Crippen molar-refractivity contribution < 1.29 is 24.5 Å². The Bertz CT molecular complexity index is 1020. The van der Waals surface area contributed by atoms with Gasteiger partial charge in [0.05, 0.1) is 38.7 Å². The van der Waals surface area contributed by atoms with Crippen LogP contribution in [0.3, 0.4) is 0 Å². The average molecular weight is 442 g/mol. The number of nitrogens with one attached hydrogen (secondary N) is 2. The van der Waals surface area contributed by atoms with Gasteiger partial charge in [-0.05, 0) is 31.2 Å². The minimum absolute atomic E-state index is 0.0751. The standard InChI is InChI=1S/C21H26N6O5/c1-21-12-32-8-7-27(21)18-16(26(19(21)30)10-15(29)11-28)9-23-17(25-18)13-3-5-14(6-4-13)24-20(31)22-2/h3-6,9,15,28-29H,7-8,10-12H2,1-2H3,(H2,22,24,31)/t15-,21+/m0/s1. The van der Waals surface area contributed by atoms with Crippen molar-refractivity contribution in [3.63, 3.8) is 0 Å². The number of hydrogen-bond acceptors (Lipinski definition) is 8. The smallest absolute Gasteiger partial charge is 0.318 e. The quantitative estimate of drug-likeness (QED) is 0.515. The predicted molar refractivity (Wildman–Crippen MR) is 118 cm³/mol. The number of amides is 3. The maximum Gasteiger partial charge on any atom is 0.318 e. The fraction of sp³-hybridized carbons (Fsp3) is 0.429. The van der Waals surface area contributed by atoms with Gasteiger partial charge in [0.2, 0.25) is 0 Å². The Hall–Kier alpha value is -3.28. The van der Waals surface area contributed by atoms with E-state index in [2.05, 4.69) is 15.6 Å². The second kappa shape index (κ2) is 8.69. The number of urea groups is 1. The van der Waals surface area contributed by atoms with Crippen molar-refractivity contribution in [1.29, 1.82) is 0 Å². The molecule has 0 spiro atoms. The van der Waals surface area contributed by atoms with E-state index in [1.807, 2.05) is 4.90 Å². The maximum atomic E-state index is 13.3. The van der Waals surface area contributed by atoms with E-state index in [1.165, 1.54) is 11.9 Å². The van der Waals surface area contributed by atoms with Crippen LogP contribution in [-0.2, 0) is 9.53 Å². The first kappa shape index (κ1) is 21.9. The van der Waals surface area contributed by atoms with Crippen molar-refractivity contribution >= 4 is 29.1 Å². The van der Waals surface area contributed by atoms with Gasteiger partial charge in [0.25, 0.3) is 5.91 Å². The van der Waals surface area contributed by atoms with Crippen LogP contribution in [0.25, 0.3) is 11.4 Å². The lowest BCUT2D eigenvalue weighted by molar-refractivity contribution is -0.128. The zero-order valence-corrected chi connectivity index (χ0v) is 17.9. The molecule has 2 aliphatic rings. The van der Waals surface area contributed by atoms with Crippen LogP contribution in [0.5, 0.6) is 0 Å². The third-order valence-electron chi connectivity index (χ3n) is 5.67. The van der Waals surface area contributed by atoms with Crippen molar-refractivity contribution in [3.8, 4) is 11.4 Å². The molecule has 0 radical (unpaired) electrons. The summed E-state index contributed by atoms with van der Waals surface area (Å²) < 4.78 is 5.59. The summed E-state index contributed by atoms with van der Waals surface area (Å²) in [5, 5.41) is 24.5. The number of aliphatic hydroxyl groups is 2. The van der Waals surface area contributed by atoms with Gasteiger partial charge in [-0.2, -0.15) is 0 Å². The van der Waals surface area contributed by atoms with Gasteiger partial charge in [-0.25, -0.2) is 14.8 Å². The van der Waals surface area contributed by atoms with Crippen LogP contribution >= 0.6 is 0 Å². The third kappa shape index (κ3) is 3.85. The molecule has 4 N–H and O–H groups in total. The molecule has 3 heterocycles. The highest BCUT2D eigenvalue weighted by molar-refractivity contribution is 6.08. The molecule has 0 saturated carbocycles. The first-order valence-corrected chi connectivity index (χ1v) is 10.3. The third-order valence-corrected chi connectivity index (χ3v) is 5.67. The normalized spacial score (nSPS) is 20.9. The first-order valence-electron chi connectivity index (χ1n) is 10.3. The zero-order valence-electron chi connectivity index (χ0n) is 17.9. The molecule has 1 aromatic carbocycles. The van der Waals surface area contributed by atoms with E-state index in [1.54, 1.807) is 37.4 Å². The Morgan fingerprint density at radius 1 is 1.34 bits per heavy atom. The number of carbonyl (C=O) groups excluding carboxylic acids is 2. The highest BCUT2D eigenvalue weighted by atomic mass is 16.5. The lowest BCUT2D eigenvalue weighted by atomic mass is 9.93. The first-order chi connectivity index (χ1) is 15.4. The van der Waals surface area contributed by atoms with E-state index in [0.717, 1.165) is 5.56 Å². The van der Waals surface area contributed by atoms with Gasteiger partial charge < -0.3 is 35.4 Å². The SMILES string of the molecule is CNC(=O)Nc1ccc(-c2ncc3c(n2)N2CCOC[C@]2(C)C(=O)N3C[C@H](O)CO)cc1. The summed E-state index contributed by atoms with van der Waals surface area (Å²) >= 11 is 0. The van der Waals surface area contributed by atoms with Gasteiger partial charge >= 0.3 is 6.03 Å². The van der Waals surface area contributed by atoms with Gasteiger partial charge in [0.15, 0.2) is 11.6 Å². The summed E-state index contributed by atoms with van der Waals surface area (Å²) in [5.41, 5.74) is 0.863. The molecule has 2 atom stereocenters. The summed E-state index contributed by atoms with van der Waals surface area (Å²) in [6.45, 7) is 2.38. The second-order valence-electron chi connectivity index (χ2n) is 7.91. The van der Waals surface area contributed by atoms with E-state index >= 15 is 0 Å². The lowest BCUT2D eigenvalue weighted by Gasteiger charge is -2.50. The van der Waals surface area contributed by atoms with E-state index in [0.29, 0.717) is 36.2 Å². The summed E-state index contributed by atoms with van der Waals surface area (Å²) in [7, 11) is 1.54. The van der Waals surface area contributed by atoms with Crippen LogP contribution in [0.4, 0.5) is 22.0 Å². The van der Waals surface area contributed by atoms with Crippen molar-refractivity contribution in [2.45, 2.75) is 18.6 Å². The summed E-state index contributed by atoms with van der Waals surface area (Å²) in [6, 6.07) is 6.78. The molecule has 170 valence electrons. The molecule has 1 aromatic heterocycles. The molecule has 1 saturated heterocycles. The molecule has 11 heteroatoms. The summed E-state index contributed by atoms with van der Waals surface area (Å²) in [6.07, 6.45) is 0.470. The zero-order chi connectivity index (χ0) is 22.9. The number of rotatable bonds is 5. The van der Waals surface area contributed by atoms with Gasteiger partial charge in [0.1, 0.15) is 11.2 Å². The Morgan fingerprint density at radius 2 is 2.09 bits per heavy atom. The largest absolute Gasteiger partial charge is 0.394 e. The lowest BCUT2D eigenvalue weighted by Crippen LogP contribution is -2.68. The number of aliphatic hydroxyl groups excluding tert-OH is 2. The van der Waals surface area contributed by atoms with Crippen LogP contribution in [0, 0.1) is 0 Å². The number of morpholine rings is 1. The topological polar surface area (TPSA) is 140 Å². The molecule has 3 amide bonds. The van der Waals surface area contributed by atoms with E-state index in [4.69, 9.17) is 9.72 Å². The molecular formula is C21H26N6O5. The van der Waals surface area contributed by atoms with Crippen LogP contribution in [0.2, 0.25) is 0 Å². The van der Waals surface area contributed by atoms with E-state index in [-0.39, 0.29) is 25.1 Å². The minimum Gasteiger partial charge on any atom is -0.394 e. The van der Waals surface area contributed by atoms with Crippen molar-refractivity contribution in [3.05, 3.63) is 30.5 Å². The Kier molecular flexibility index (Phi) is 5.96. The molecule has 0 aliphatic carbocycles. The van der Waals surface area contributed by atoms with Crippen LogP contribution in [0.15, 0.2) is 30.5 Å². The Labute approximate surface area is 185 Å². The maximum absolute atomic E-state index is 13.3. The Morgan fingerprint density at radius 3 is 2.78 bits per heavy atom. The Balaban J connectivity index is 1.72. The molecule has 2 aromatic rings. The number of fused-ring (bicyclic) bond motifs is 3. The molecule has 32 heavy (non-hydrogen) atoms. The van der Waals surface area contributed by atoms with Crippen molar-refractivity contribution in [2.24, 2.45) is 0 Å². The fourth-order valence-corrected chi connectivity index (χ4v) is 3.91. The van der Waals surface area contributed by atoms with Gasteiger partial charge in [0, 0.05) is 24.8 Å². The molecule has 0 bridgehead atoms. The predicted octanol–water partition coefficient (Wildman–Crippen LogP) is 0.190.